The van der Waals surface area contributed by atoms with Crippen molar-refractivity contribution < 1.29 is 14.3 Å². The largest absolute Gasteiger partial charge is 0.497 e. The molecule has 0 saturated heterocycles. The second-order valence-electron chi connectivity index (χ2n) is 5.71. The van der Waals surface area contributed by atoms with Crippen molar-refractivity contribution in [3.05, 3.63) is 29.5 Å². The van der Waals surface area contributed by atoms with Crippen LogP contribution in [-0.2, 0) is 11.3 Å². The lowest BCUT2D eigenvalue weighted by Gasteiger charge is -2.32. The third-order valence-electron chi connectivity index (χ3n) is 4.19. The van der Waals surface area contributed by atoms with Crippen molar-refractivity contribution in [1.82, 2.24) is 14.8 Å². The summed E-state index contributed by atoms with van der Waals surface area (Å²) in [6, 6.07) is 5.65. The first-order valence-corrected chi connectivity index (χ1v) is 7.20. The molecule has 2 aromatic rings. The van der Waals surface area contributed by atoms with Gasteiger partial charge in [0.1, 0.15) is 5.75 Å². The number of rotatable bonds is 2. The number of imide groups is 1. The number of amides is 3. The van der Waals surface area contributed by atoms with Gasteiger partial charge in [0.15, 0.2) is 0 Å². The van der Waals surface area contributed by atoms with Gasteiger partial charge in [0.25, 0.3) is 0 Å². The lowest BCUT2D eigenvalue weighted by atomic mass is 9.93. The summed E-state index contributed by atoms with van der Waals surface area (Å²) in [6.07, 6.45) is 0.540. The monoisotopic (exact) mass is 301 g/mol. The minimum Gasteiger partial charge on any atom is -0.497 e. The van der Waals surface area contributed by atoms with Crippen LogP contribution < -0.4 is 4.74 Å². The number of carbonyl (C=O) groups excluding carboxylic acids is 2. The molecule has 1 aromatic carbocycles. The maximum Gasteiger partial charge on any atom is 0.326 e. The third kappa shape index (κ3) is 2.20. The highest BCUT2D eigenvalue weighted by molar-refractivity contribution is 5.88. The maximum atomic E-state index is 12.2. The molecule has 0 spiro atoms. The third-order valence-corrected chi connectivity index (χ3v) is 4.19. The zero-order valence-corrected chi connectivity index (χ0v) is 12.9. The summed E-state index contributed by atoms with van der Waals surface area (Å²) in [4.78, 5) is 29.1. The number of benzene rings is 1. The zero-order chi connectivity index (χ0) is 15.9. The van der Waals surface area contributed by atoms with Crippen LogP contribution >= 0.6 is 0 Å². The van der Waals surface area contributed by atoms with Crippen molar-refractivity contribution in [2.75, 3.05) is 20.7 Å². The van der Waals surface area contributed by atoms with E-state index in [1.165, 1.54) is 12.6 Å². The first kappa shape index (κ1) is 14.4. The van der Waals surface area contributed by atoms with Crippen molar-refractivity contribution in [3.8, 4) is 5.75 Å². The summed E-state index contributed by atoms with van der Waals surface area (Å²) in [5.74, 6) is 1.01. The molecule has 22 heavy (non-hydrogen) atoms. The molecule has 0 aliphatic carbocycles. The van der Waals surface area contributed by atoms with Crippen molar-refractivity contribution in [3.63, 3.8) is 0 Å². The molecule has 0 bridgehead atoms. The van der Waals surface area contributed by atoms with Gasteiger partial charge in [-0.25, -0.2) is 4.79 Å². The Morgan fingerprint density at radius 2 is 2.27 bits per heavy atom. The van der Waals surface area contributed by atoms with Crippen LogP contribution in [0.1, 0.15) is 24.1 Å². The highest BCUT2D eigenvalue weighted by atomic mass is 16.5. The molecule has 0 fully saturated rings. The SMILES string of the molecule is COc1ccc2[nH]c3c(c2c1)C(C)CN(C(=O)N(C)C=O)C3. The second kappa shape index (κ2) is 5.36. The lowest BCUT2D eigenvalue weighted by Crippen LogP contribution is -2.44. The molecule has 6 nitrogen and oxygen atoms in total. The molecule has 2 heterocycles. The fourth-order valence-electron chi connectivity index (χ4n) is 3.15. The fourth-order valence-corrected chi connectivity index (χ4v) is 3.15. The Labute approximate surface area is 128 Å². The first-order chi connectivity index (χ1) is 10.5. The Morgan fingerprint density at radius 1 is 1.50 bits per heavy atom. The van der Waals surface area contributed by atoms with E-state index in [-0.39, 0.29) is 11.9 Å². The van der Waals surface area contributed by atoms with Crippen LogP contribution in [-0.4, -0.2) is 47.9 Å². The number of hydrogen-bond acceptors (Lipinski definition) is 3. The molecule has 1 aliphatic heterocycles. The number of nitrogens with one attached hydrogen (secondary N) is 1. The van der Waals surface area contributed by atoms with Gasteiger partial charge in [-0.15, -0.1) is 0 Å². The van der Waals surface area contributed by atoms with Gasteiger partial charge in [-0.2, -0.15) is 0 Å². The number of carbonyl (C=O) groups is 2. The van der Waals surface area contributed by atoms with Gasteiger partial charge in [0.05, 0.1) is 13.7 Å². The number of methoxy groups -OCH3 is 1. The Bertz CT molecular complexity index is 738. The number of H-pyrrole nitrogens is 1. The lowest BCUT2D eigenvalue weighted by molar-refractivity contribution is -0.115. The molecule has 3 rings (SSSR count). The highest BCUT2D eigenvalue weighted by Gasteiger charge is 2.30. The molecule has 1 N–H and O–H groups in total. The van der Waals surface area contributed by atoms with Crippen LogP contribution in [0, 0.1) is 0 Å². The number of hydrogen-bond donors (Lipinski definition) is 1. The molecule has 116 valence electrons. The van der Waals surface area contributed by atoms with Crippen LogP contribution in [0.4, 0.5) is 4.79 Å². The van der Waals surface area contributed by atoms with Crippen LogP contribution in [0.5, 0.6) is 5.75 Å². The van der Waals surface area contributed by atoms with E-state index >= 15 is 0 Å². The van der Waals surface area contributed by atoms with Crippen LogP contribution in [0.25, 0.3) is 10.9 Å². The van der Waals surface area contributed by atoms with Crippen molar-refractivity contribution in [2.24, 2.45) is 0 Å². The topological polar surface area (TPSA) is 65.6 Å². The van der Waals surface area contributed by atoms with Gasteiger partial charge in [0, 0.05) is 36.1 Å². The summed E-state index contributed by atoms with van der Waals surface area (Å²) >= 11 is 0. The van der Waals surface area contributed by atoms with Crippen molar-refractivity contribution >= 4 is 23.3 Å². The summed E-state index contributed by atoms with van der Waals surface area (Å²) in [5.41, 5.74) is 3.29. The van der Waals surface area contributed by atoms with Crippen LogP contribution in [0.3, 0.4) is 0 Å². The number of ether oxygens (including phenoxy) is 1. The zero-order valence-electron chi connectivity index (χ0n) is 12.9. The quantitative estimate of drug-likeness (QED) is 0.866. The van der Waals surface area contributed by atoms with E-state index in [1.54, 1.807) is 12.0 Å². The van der Waals surface area contributed by atoms with E-state index in [2.05, 4.69) is 11.9 Å². The average molecular weight is 301 g/mol. The van der Waals surface area contributed by atoms with Gasteiger partial charge >= 0.3 is 6.03 Å². The summed E-state index contributed by atoms with van der Waals surface area (Å²) in [6.45, 7) is 3.16. The molecular weight excluding hydrogens is 282 g/mol. The smallest absolute Gasteiger partial charge is 0.326 e. The van der Waals surface area contributed by atoms with Gasteiger partial charge in [-0.1, -0.05) is 6.92 Å². The average Bonchev–Trinajstić information content (AvgIpc) is 2.90. The minimum atomic E-state index is -0.274. The Morgan fingerprint density at radius 3 is 2.95 bits per heavy atom. The normalized spacial score (nSPS) is 17.2. The van der Waals surface area contributed by atoms with E-state index in [0.29, 0.717) is 19.5 Å². The Balaban J connectivity index is 2.00. The predicted octanol–water partition coefficient (Wildman–Crippen LogP) is 2.30. The molecule has 6 heteroatoms. The van der Waals surface area contributed by atoms with Gasteiger partial charge < -0.3 is 14.6 Å². The van der Waals surface area contributed by atoms with E-state index < -0.39 is 0 Å². The molecule has 0 saturated carbocycles. The molecular formula is C16H19N3O3. The molecule has 0 radical (unpaired) electrons. The molecule has 1 aromatic heterocycles. The van der Waals surface area contributed by atoms with Crippen molar-refractivity contribution in [1.29, 1.82) is 0 Å². The highest BCUT2D eigenvalue weighted by Crippen LogP contribution is 2.36. The molecule has 1 unspecified atom stereocenters. The van der Waals surface area contributed by atoms with E-state index in [0.717, 1.165) is 27.2 Å². The second-order valence-corrected chi connectivity index (χ2v) is 5.71. The maximum absolute atomic E-state index is 12.2. The van der Waals surface area contributed by atoms with Crippen molar-refractivity contribution in [2.45, 2.75) is 19.4 Å². The molecule has 1 atom stereocenters. The van der Waals surface area contributed by atoms with E-state index in [4.69, 9.17) is 4.74 Å². The number of fused-ring (bicyclic) bond motifs is 3. The summed E-state index contributed by atoms with van der Waals surface area (Å²) in [5, 5.41) is 1.14. The predicted molar refractivity (Wildman–Crippen MR) is 82.9 cm³/mol. The standard InChI is InChI=1S/C16H19N3O3/c1-10-7-19(16(21)18(2)9-20)8-14-15(10)12-6-11(22-3)4-5-13(12)17-14/h4-6,9-10,17H,7-8H2,1-3H3. The number of nitrogens with zero attached hydrogens (tertiary/aromatic N) is 2. The molecule has 3 amide bonds. The van der Waals surface area contributed by atoms with Gasteiger partial charge in [0.2, 0.25) is 6.41 Å². The van der Waals surface area contributed by atoms with E-state index in [1.807, 2.05) is 18.2 Å². The molecule has 1 aliphatic rings. The van der Waals surface area contributed by atoms with Gasteiger partial charge in [-0.05, 0) is 23.8 Å². The number of urea groups is 1. The number of aromatic nitrogens is 1. The Hall–Kier alpha value is -2.50. The van der Waals surface area contributed by atoms with E-state index in [9.17, 15) is 9.59 Å². The fraction of sp³-hybridized carbons (Fsp3) is 0.375. The summed E-state index contributed by atoms with van der Waals surface area (Å²) in [7, 11) is 3.13. The van der Waals surface area contributed by atoms with Crippen LogP contribution in [0.2, 0.25) is 0 Å². The number of aromatic amines is 1. The minimum absolute atomic E-state index is 0.189. The first-order valence-electron chi connectivity index (χ1n) is 7.20. The van der Waals surface area contributed by atoms with Gasteiger partial charge in [-0.3, -0.25) is 9.69 Å². The summed E-state index contributed by atoms with van der Waals surface area (Å²) < 4.78 is 5.30. The Kier molecular flexibility index (Phi) is 3.52. The van der Waals surface area contributed by atoms with Crippen LogP contribution in [0.15, 0.2) is 18.2 Å².